The largest absolute Gasteiger partial charge is 0.494 e. The van der Waals surface area contributed by atoms with Gasteiger partial charge in [-0.25, -0.2) is 9.78 Å². The van der Waals surface area contributed by atoms with Crippen molar-refractivity contribution in [2.45, 2.75) is 33.0 Å². The predicted octanol–water partition coefficient (Wildman–Crippen LogP) is 4.39. The Hall–Kier alpha value is -3.23. The molecule has 2 N–H and O–H groups in total. The molecule has 9 heteroatoms. The van der Waals surface area contributed by atoms with E-state index in [9.17, 15) is 9.90 Å². The van der Waals surface area contributed by atoms with Crippen LogP contribution in [0.1, 0.15) is 37.0 Å². The van der Waals surface area contributed by atoms with Gasteiger partial charge in [-0.1, -0.05) is 29.8 Å². The number of carbonyl (C=O) groups excluding carboxylic acids is 1. The summed E-state index contributed by atoms with van der Waals surface area (Å²) in [6.07, 6.45) is 1.59. The van der Waals surface area contributed by atoms with Crippen molar-refractivity contribution < 1.29 is 19.4 Å². The van der Waals surface area contributed by atoms with Crippen LogP contribution in [0.15, 0.2) is 42.6 Å². The number of carbonyl (C=O) groups is 1. The van der Waals surface area contributed by atoms with Gasteiger partial charge in [0.05, 0.1) is 25.1 Å². The molecule has 2 heterocycles. The van der Waals surface area contributed by atoms with E-state index in [4.69, 9.17) is 21.1 Å². The van der Waals surface area contributed by atoms with Gasteiger partial charge in [0.2, 0.25) is 0 Å². The number of aromatic nitrogens is 3. The maximum absolute atomic E-state index is 12.2. The molecule has 8 nitrogen and oxygen atoms in total. The SMILES string of the molecule is COc1c(Nc2cc(Cl)nnc2CO)cccc1-c1ccc(C(=O)OC(C)(C)C)nc1. The van der Waals surface area contributed by atoms with E-state index in [0.717, 1.165) is 11.1 Å². The molecule has 0 saturated carbocycles. The first-order chi connectivity index (χ1) is 14.7. The smallest absolute Gasteiger partial charge is 0.357 e. The molecule has 0 aliphatic carbocycles. The molecular weight excluding hydrogens is 420 g/mol. The molecule has 0 amide bonds. The standard InChI is InChI=1S/C22H23ClN4O4/c1-22(2,3)31-21(29)16-9-8-13(11-24-16)14-6-5-7-15(20(14)30-4)25-17-10-19(23)27-26-18(17)12-28/h5-11,28H,12H2,1-4H3,(H,25,27). The molecule has 2 aromatic heterocycles. The second-order valence-electron chi connectivity index (χ2n) is 7.63. The van der Waals surface area contributed by atoms with Crippen LogP contribution < -0.4 is 10.1 Å². The number of para-hydroxylation sites is 1. The third kappa shape index (κ3) is 5.48. The average molecular weight is 443 g/mol. The zero-order valence-corrected chi connectivity index (χ0v) is 18.4. The fourth-order valence-corrected chi connectivity index (χ4v) is 3.00. The van der Waals surface area contributed by atoms with Crippen LogP contribution in [0.2, 0.25) is 5.15 Å². The second kappa shape index (κ2) is 9.28. The summed E-state index contributed by atoms with van der Waals surface area (Å²) in [5.41, 5.74) is 2.62. The minimum atomic E-state index is -0.598. The highest BCUT2D eigenvalue weighted by Gasteiger charge is 2.19. The highest BCUT2D eigenvalue weighted by molar-refractivity contribution is 6.29. The van der Waals surface area contributed by atoms with Gasteiger partial charge >= 0.3 is 5.97 Å². The molecule has 1 aromatic carbocycles. The number of rotatable bonds is 6. The maximum atomic E-state index is 12.2. The lowest BCUT2D eigenvalue weighted by Crippen LogP contribution is -2.24. The number of hydrogen-bond donors (Lipinski definition) is 2. The molecule has 0 atom stereocenters. The van der Waals surface area contributed by atoms with Gasteiger partial charge in [0.1, 0.15) is 22.7 Å². The molecule has 31 heavy (non-hydrogen) atoms. The van der Waals surface area contributed by atoms with E-state index >= 15 is 0 Å². The van der Waals surface area contributed by atoms with E-state index in [-0.39, 0.29) is 17.5 Å². The van der Waals surface area contributed by atoms with E-state index in [1.165, 1.54) is 0 Å². The predicted molar refractivity (Wildman–Crippen MR) is 118 cm³/mol. The van der Waals surface area contributed by atoms with Crippen LogP contribution in [-0.4, -0.2) is 39.0 Å². The van der Waals surface area contributed by atoms with Gasteiger partial charge < -0.3 is 19.9 Å². The zero-order valence-electron chi connectivity index (χ0n) is 17.6. The average Bonchev–Trinajstić information content (AvgIpc) is 2.72. The first-order valence-corrected chi connectivity index (χ1v) is 9.86. The number of benzene rings is 1. The number of hydrogen-bond acceptors (Lipinski definition) is 8. The fourth-order valence-electron chi connectivity index (χ4n) is 2.85. The lowest BCUT2D eigenvalue weighted by Gasteiger charge is -2.19. The Morgan fingerprint density at radius 1 is 1.16 bits per heavy atom. The van der Waals surface area contributed by atoms with Crippen molar-refractivity contribution in [3.63, 3.8) is 0 Å². The lowest BCUT2D eigenvalue weighted by atomic mass is 10.0. The summed E-state index contributed by atoms with van der Waals surface area (Å²) in [4.78, 5) is 16.5. The summed E-state index contributed by atoms with van der Waals surface area (Å²) < 4.78 is 11.0. The van der Waals surface area contributed by atoms with E-state index in [1.807, 2.05) is 18.2 Å². The quantitative estimate of drug-likeness (QED) is 0.541. The van der Waals surface area contributed by atoms with Gasteiger partial charge in [0.25, 0.3) is 0 Å². The summed E-state index contributed by atoms with van der Waals surface area (Å²) in [7, 11) is 1.55. The summed E-state index contributed by atoms with van der Waals surface area (Å²) in [6, 6.07) is 10.5. The number of anilines is 2. The molecule has 0 aliphatic heterocycles. The van der Waals surface area contributed by atoms with Crippen molar-refractivity contribution in [3.8, 4) is 16.9 Å². The van der Waals surface area contributed by atoms with Crippen LogP contribution >= 0.6 is 11.6 Å². The van der Waals surface area contributed by atoms with E-state index < -0.39 is 11.6 Å². The number of pyridine rings is 1. The number of halogens is 1. The molecule has 0 bridgehead atoms. The molecule has 0 aliphatic rings. The van der Waals surface area contributed by atoms with Crippen LogP contribution in [-0.2, 0) is 11.3 Å². The summed E-state index contributed by atoms with van der Waals surface area (Å²) in [5, 5.41) is 20.5. The molecule has 0 saturated heterocycles. The number of ether oxygens (including phenoxy) is 2. The van der Waals surface area contributed by atoms with Crippen LogP contribution in [0.25, 0.3) is 11.1 Å². The molecule has 3 rings (SSSR count). The van der Waals surface area contributed by atoms with E-state index in [0.29, 0.717) is 22.8 Å². The van der Waals surface area contributed by atoms with Gasteiger partial charge in [0, 0.05) is 23.4 Å². The van der Waals surface area contributed by atoms with Gasteiger partial charge in [0.15, 0.2) is 5.15 Å². The monoisotopic (exact) mass is 442 g/mol. The normalized spacial score (nSPS) is 11.2. The zero-order chi connectivity index (χ0) is 22.6. The van der Waals surface area contributed by atoms with Crippen molar-refractivity contribution in [1.82, 2.24) is 15.2 Å². The number of esters is 1. The Kier molecular flexibility index (Phi) is 6.72. The Balaban J connectivity index is 1.93. The lowest BCUT2D eigenvalue weighted by molar-refractivity contribution is 0.00629. The van der Waals surface area contributed by atoms with Crippen LogP contribution in [0.5, 0.6) is 5.75 Å². The Bertz CT molecular complexity index is 1080. The van der Waals surface area contributed by atoms with Gasteiger partial charge in [-0.2, -0.15) is 0 Å². The third-order valence-electron chi connectivity index (χ3n) is 4.16. The van der Waals surface area contributed by atoms with Crippen molar-refractivity contribution >= 4 is 28.9 Å². The van der Waals surface area contributed by atoms with Crippen molar-refractivity contribution in [1.29, 1.82) is 0 Å². The molecule has 0 spiro atoms. The minimum absolute atomic E-state index is 0.191. The van der Waals surface area contributed by atoms with Gasteiger partial charge in [-0.15, -0.1) is 10.2 Å². The fraction of sp³-hybridized carbons (Fsp3) is 0.273. The highest BCUT2D eigenvalue weighted by atomic mass is 35.5. The topological polar surface area (TPSA) is 106 Å². The molecule has 0 unspecified atom stereocenters. The molecule has 0 radical (unpaired) electrons. The molecule has 162 valence electrons. The van der Waals surface area contributed by atoms with Crippen molar-refractivity contribution in [2.75, 3.05) is 12.4 Å². The minimum Gasteiger partial charge on any atom is -0.494 e. The molecular formula is C22H23ClN4O4. The summed E-state index contributed by atoms with van der Waals surface area (Å²) >= 11 is 5.95. The second-order valence-corrected chi connectivity index (χ2v) is 8.02. The number of methoxy groups -OCH3 is 1. The van der Waals surface area contributed by atoms with Crippen LogP contribution in [0, 0.1) is 0 Å². The molecule has 0 fully saturated rings. The third-order valence-corrected chi connectivity index (χ3v) is 4.35. The number of nitrogens with zero attached hydrogens (tertiary/aromatic N) is 3. The Morgan fingerprint density at radius 3 is 2.55 bits per heavy atom. The van der Waals surface area contributed by atoms with Crippen molar-refractivity contribution in [2.24, 2.45) is 0 Å². The molecule has 3 aromatic rings. The Labute approximate surface area is 185 Å². The van der Waals surface area contributed by atoms with E-state index in [2.05, 4.69) is 20.5 Å². The maximum Gasteiger partial charge on any atom is 0.357 e. The summed E-state index contributed by atoms with van der Waals surface area (Å²) in [6.45, 7) is 5.10. The highest BCUT2D eigenvalue weighted by Crippen LogP contribution is 2.38. The number of aliphatic hydroxyl groups excluding tert-OH is 1. The summed E-state index contributed by atoms with van der Waals surface area (Å²) in [5.74, 6) is 0.0613. The first-order valence-electron chi connectivity index (χ1n) is 9.48. The van der Waals surface area contributed by atoms with Gasteiger partial charge in [-0.3, -0.25) is 0 Å². The van der Waals surface area contributed by atoms with Crippen molar-refractivity contribution in [3.05, 3.63) is 59.1 Å². The Morgan fingerprint density at radius 2 is 1.94 bits per heavy atom. The number of aliphatic hydroxyl groups is 1. The van der Waals surface area contributed by atoms with Gasteiger partial charge in [-0.05, 0) is 32.9 Å². The van der Waals surface area contributed by atoms with E-state index in [1.54, 1.807) is 52.3 Å². The van der Waals surface area contributed by atoms with Crippen LogP contribution in [0.4, 0.5) is 11.4 Å². The van der Waals surface area contributed by atoms with Crippen LogP contribution in [0.3, 0.4) is 0 Å². The first kappa shape index (κ1) is 22.5. The number of nitrogens with one attached hydrogen (secondary N) is 1.